The molecule has 0 atom stereocenters. The van der Waals surface area contributed by atoms with Crippen LogP contribution < -0.4 is 15.7 Å². The number of benzene rings is 3. The minimum atomic E-state index is -0.456. The van der Waals surface area contributed by atoms with E-state index in [2.05, 4.69) is 5.32 Å². The van der Waals surface area contributed by atoms with Crippen LogP contribution in [0.5, 0.6) is 5.75 Å². The topological polar surface area (TPSA) is 85.6 Å². The van der Waals surface area contributed by atoms with Crippen molar-refractivity contribution in [2.24, 2.45) is 0 Å². The zero-order chi connectivity index (χ0) is 20.9. The van der Waals surface area contributed by atoms with Crippen LogP contribution in [0.3, 0.4) is 0 Å². The van der Waals surface area contributed by atoms with Crippen molar-refractivity contribution in [2.45, 2.75) is 0 Å². The van der Waals surface area contributed by atoms with Gasteiger partial charge in [0.15, 0.2) is 12.4 Å². The maximum absolute atomic E-state index is 12.6. The molecule has 6 nitrogen and oxygen atoms in total. The van der Waals surface area contributed by atoms with Crippen molar-refractivity contribution in [3.05, 3.63) is 106 Å². The molecule has 1 amide bonds. The Bertz CT molecular complexity index is 1280. The van der Waals surface area contributed by atoms with E-state index in [4.69, 9.17) is 9.15 Å². The lowest BCUT2D eigenvalue weighted by molar-refractivity contribution is -0.118. The number of hydrogen-bond donors (Lipinski definition) is 1. The fourth-order valence-electron chi connectivity index (χ4n) is 2.97. The molecule has 0 saturated carbocycles. The highest BCUT2D eigenvalue weighted by molar-refractivity contribution is 6.09. The first kappa shape index (κ1) is 19.1. The zero-order valence-corrected chi connectivity index (χ0v) is 15.8. The van der Waals surface area contributed by atoms with E-state index >= 15 is 0 Å². The second-order valence-corrected chi connectivity index (χ2v) is 6.57. The van der Waals surface area contributed by atoms with Gasteiger partial charge in [-0.05, 0) is 30.3 Å². The molecule has 4 aromatic rings. The summed E-state index contributed by atoms with van der Waals surface area (Å²) in [5, 5.41) is 3.47. The molecule has 6 heteroatoms. The predicted molar refractivity (Wildman–Crippen MR) is 113 cm³/mol. The van der Waals surface area contributed by atoms with Gasteiger partial charge in [-0.15, -0.1) is 0 Å². The Morgan fingerprint density at radius 3 is 2.43 bits per heavy atom. The summed E-state index contributed by atoms with van der Waals surface area (Å²) in [6, 6.07) is 23.6. The molecular formula is C24H17NO5. The highest BCUT2D eigenvalue weighted by atomic mass is 16.5. The summed E-state index contributed by atoms with van der Waals surface area (Å²) >= 11 is 0. The van der Waals surface area contributed by atoms with Crippen LogP contribution in [-0.4, -0.2) is 18.3 Å². The Morgan fingerprint density at radius 2 is 1.60 bits per heavy atom. The van der Waals surface area contributed by atoms with E-state index in [1.807, 2.05) is 6.07 Å². The zero-order valence-electron chi connectivity index (χ0n) is 15.8. The molecule has 0 fully saturated rings. The summed E-state index contributed by atoms with van der Waals surface area (Å²) in [4.78, 5) is 36.2. The number of anilines is 1. The van der Waals surface area contributed by atoms with Gasteiger partial charge in [0.25, 0.3) is 5.91 Å². The van der Waals surface area contributed by atoms with Gasteiger partial charge in [0, 0.05) is 34.3 Å². The first-order chi connectivity index (χ1) is 14.6. The van der Waals surface area contributed by atoms with Crippen LogP contribution in [0, 0.1) is 0 Å². The van der Waals surface area contributed by atoms with Crippen LogP contribution in [0.1, 0.15) is 15.9 Å². The van der Waals surface area contributed by atoms with Crippen LogP contribution in [0.25, 0.3) is 11.0 Å². The van der Waals surface area contributed by atoms with E-state index in [0.717, 1.165) is 5.39 Å². The van der Waals surface area contributed by atoms with E-state index in [1.54, 1.807) is 72.8 Å². The Hall–Kier alpha value is -4.19. The van der Waals surface area contributed by atoms with Crippen molar-refractivity contribution in [1.82, 2.24) is 0 Å². The van der Waals surface area contributed by atoms with Crippen molar-refractivity contribution in [3.8, 4) is 5.75 Å². The number of fused-ring (bicyclic) bond motifs is 1. The number of ether oxygens (including phenoxy) is 1. The molecule has 0 spiro atoms. The average Bonchev–Trinajstić information content (AvgIpc) is 2.77. The third kappa shape index (κ3) is 4.44. The smallest absolute Gasteiger partial charge is 0.336 e. The molecule has 1 N–H and O–H groups in total. The summed E-state index contributed by atoms with van der Waals surface area (Å²) in [6.07, 6.45) is 0. The molecule has 0 aliphatic carbocycles. The third-order valence-corrected chi connectivity index (χ3v) is 4.41. The van der Waals surface area contributed by atoms with Crippen LogP contribution in [0.2, 0.25) is 0 Å². The maximum atomic E-state index is 12.6. The quantitative estimate of drug-likeness (QED) is 0.391. The molecule has 0 unspecified atom stereocenters. The molecule has 1 aromatic heterocycles. The fraction of sp³-hybridized carbons (Fsp3) is 0.0417. The molecule has 4 rings (SSSR count). The molecule has 0 saturated heterocycles. The standard InChI is InChI=1S/C24H17NO5/c26-22(15-29-20-11-9-16-10-12-23(27)30-21(16)14-20)25-19-8-4-7-18(13-19)24(28)17-5-2-1-3-6-17/h1-14H,15H2,(H,25,26). The van der Waals surface area contributed by atoms with Gasteiger partial charge in [-0.25, -0.2) is 4.79 Å². The molecule has 0 bridgehead atoms. The highest BCUT2D eigenvalue weighted by Gasteiger charge is 2.11. The Kier molecular flexibility index (Phi) is 5.39. The van der Waals surface area contributed by atoms with Crippen LogP contribution in [0.15, 0.2) is 94.1 Å². The number of hydrogen-bond acceptors (Lipinski definition) is 5. The van der Waals surface area contributed by atoms with Crippen LogP contribution in [0.4, 0.5) is 5.69 Å². The largest absolute Gasteiger partial charge is 0.484 e. The van der Waals surface area contributed by atoms with Gasteiger partial charge in [-0.1, -0.05) is 42.5 Å². The van der Waals surface area contributed by atoms with Crippen molar-refractivity contribution >= 4 is 28.3 Å². The summed E-state index contributed by atoms with van der Waals surface area (Å²) in [5.41, 5.74) is 1.47. The van der Waals surface area contributed by atoms with Gasteiger partial charge in [0.2, 0.25) is 0 Å². The number of carbonyl (C=O) groups is 2. The van der Waals surface area contributed by atoms with Crippen LogP contribution in [-0.2, 0) is 4.79 Å². The van der Waals surface area contributed by atoms with E-state index in [1.165, 1.54) is 6.07 Å². The molecular weight excluding hydrogens is 382 g/mol. The number of rotatable bonds is 6. The summed E-state index contributed by atoms with van der Waals surface area (Å²) in [5.74, 6) is -0.102. The molecule has 0 aliphatic heterocycles. The van der Waals surface area contributed by atoms with E-state index in [-0.39, 0.29) is 18.3 Å². The molecule has 0 radical (unpaired) electrons. The minimum Gasteiger partial charge on any atom is -0.484 e. The molecule has 0 aliphatic rings. The number of carbonyl (C=O) groups excluding carboxylic acids is 2. The van der Waals surface area contributed by atoms with Crippen molar-refractivity contribution in [2.75, 3.05) is 11.9 Å². The molecule has 148 valence electrons. The van der Waals surface area contributed by atoms with Gasteiger partial charge in [0.05, 0.1) is 0 Å². The normalized spacial score (nSPS) is 10.5. The monoisotopic (exact) mass is 399 g/mol. The van der Waals surface area contributed by atoms with Gasteiger partial charge in [0.1, 0.15) is 11.3 Å². The predicted octanol–water partition coefficient (Wildman–Crippen LogP) is 4.04. The van der Waals surface area contributed by atoms with Crippen molar-refractivity contribution in [3.63, 3.8) is 0 Å². The van der Waals surface area contributed by atoms with Gasteiger partial charge in [-0.3, -0.25) is 9.59 Å². The lowest BCUT2D eigenvalue weighted by Gasteiger charge is -2.09. The number of amides is 1. The lowest BCUT2D eigenvalue weighted by Crippen LogP contribution is -2.20. The SMILES string of the molecule is O=C(COc1ccc2ccc(=O)oc2c1)Nc1cccc(C(=O)c2ccccc2)c1. The second kappa shape index (κ2) is 8.45. The Morgan fingerprint density at radius 1 is 0.833 bits per heavy atom. The first-order valence-corrected chi connectivity index (χ1v) is 9.25. The maximum Gasteiger partial charge on any atom is 0.336 e. The van der Waals surface area contributed by atoms with Crippen molar-refractivity contribution < 1.29 is 18.7 Å². The van der Waals surface area contributed by atoms with Gasteiger partial charge >= 0.3 is 5.63 Å². The summed E-state index contributed by atoms with van der Waals surface area (Å²) < 4.78 is 10.6. The third-order valence-electron chi connectivity index (χ3n) is 4.41. The first-order valence-electron chi connectivity index (χ1n) is 9.25. The lowest BCUT2D eigenvalue weighted by atomic mass is 10.0. The molecule has 30 heavy (non-hydrogen) atoms. The average molecular weight is 399 g/mol. The summed E-state index contributed by atoms with van der Waals surface area (Å²) in [7, 11) is 0. The molecule has 3 aromatic carbocycles. The summed E-state index contributed by atoms with van der Waals surface area (Å²) in [6.45, 7) is -0.237. The number of ketones is 1. The minimum absolute atomic E-state index is 0.124. The van der Waals surface area contributed by atoms with Crippen molar-refractivity contribution in [1.29, 1.82) is 0 Å². The Balaban J connectivity index is 1.41. The van der Waals surface area contributed by atoms with Gasteiger partial charge < -0.3 is 14.5 Å². The van der Waals surface area contributed by atoms with E-state index < -0.39 is 5.63 Å². The fourth-order valence-corrected chi connectivity index (χ4v) is 2.97. The van der Waals surface area contributed by atoms with Crippen LogP contribution >= 0.6 is 0 Å². The van der Waals surface area contributed by atoms with E-state index in [0.29, 0.717) is 28.1 Å². The highest BCUT2D eigenvalue weighted by Crippen LogP contribution is 2.20. The second-order valence-electron chi connectivity index (χ2n) is 6.57. The van der Waals surface area contributed by atoms with E-state index in [9.17, 15) is 14.4 Å². The van der Waals surface area contributed by atoms with Gasteiger partial charge in [-0.2, -0.15) is 0 Å². The number of nitrogens with one attached hydrogen (secondary N) is 1. The molecule has 1 heterocycles. The Labute approximate surface area is 171 Å².